The van der Waals surface area contributed by atoms with Crippen molar-refractivity contribution in [1.82, 2.24) is 9.78 Å². The van der Waals surface area contributed by atoms with Crippen molar-refractivity contribution in [3.05, 3.63) is 41.7 Å². The van der Waals surface area contributed by atoms with Crippen molar-refractivity contribution in [3.8, 4) is 0 Å². The maximum atomic E-state index is 12.4. The molecule has 0 aliphatic carbocycles. The van der Waals surface area contributed by atoms with Crippen LogP contribution in [0.4, 0.5) is 11.4 Å². The monoisotopic (exact) mass is 286 g/mol. The molecule has 7 nitrogen and oxygen atoms in total. The number of aromatic nitrogens is 2. The van der Waals surface area contributed by atoms with Crippen LogP contribution in [0, 0.1) is 0 Å². The average Bonchev–Trinajstić information content (AvgIpc) is 3.01. The summed E-state index contributed by atoms with van der Waals surface area (Å²) < 4.78 is 6.59. The molecule has 3 rings (SSSR count). The number of rotatable bonds is 4. The third kappa shape index (κ3) is 2.17. The highest BCUT2D eigenvalue weighted by molar-refractivity contribution is 6.34. The second kappa shape index (κ2) is 5.02. The Labute approximate surface area is 120 Å². The van der Waals surface area contributed by atoms with Crippen molar-refractivity contribution in [1.29, 1.82) is 0 Å². The summed E-state index contributed by atoms with van der Waals surface area (Å²) in [6, 6.07) is 4.70. The summed E-state index contributed by atoms with van der Waals surface area (Å²) in [7, 11) is 1.60. The molecule has 0 saturated carbocycles. The van der Waals surface area contributed by atoms with Crippen LogP contribution >= 0.6 is 0 Å². The van der Waals surface area contributed by atoms with E-state index in [-0.39, 0.29) is 11.8 Å². The van der Waals surface area contributed by atoms with Gasteiger partial charge in [-0.1, -0.05) is 0 Å². The summed E-state index contributed by atoms with van der Waals surface area (Å²) in [6.45, 7) is 1.05. The number of imide groups is 1. The Bertz CT molecular complexity index is 723. The number of nitrogens with zero attached hydrogens (tertiary/aromatic N) is 3. The zero-order valence-electron chi connectivity index (χ0n) is 11.4. The van der Waals surface area contributed by atoms with Gasteiger partial charge < -0.3 is 10.5 Å². The molecule has 7 heteroatoms. The van der Waals surface area contributed by atoms with Gasteiger partial charge in [-0.25, -0.2) is 4.90 Å². The Morgan fingerprint density at radius 3 is 2.76 bits per heavy atom. The summed E-state index contributed by atoms with van der Waals surface area (Å²) >= 11 is 0. The van der Waals surface area contributed by atoms with Crippen LogP contribution in [0.2, 0.25) is 0 Å². The van der Waals surface area contributed by atoms with E-state index < -0.39 is 0 Å². The number of hydrogen-bond acceptors (Lipinski definition) is 5. The number of methoxy groups -OCH3 is 1. The lowest BCUT2D eigenvalue weighted by molar-refractivity contribution is 0.0926. The maximum Gasteiger partial charge on any atom is 0.266 e. The first-order valence-corrected chi connectivity index (χ1v) is 6.41. The minimum Gasteiger partial charge on any atom is -0.399 e. The van der Waals surface area contributed by atoms with E-state index in [9.17, 15) is 9.59 Å². The molecule has 21 heavy (non-hydrogen) atoms. The fourth-order valence-corrected chi connectivity index (χ4v) is 2.27. The van der Waals surface area contributed by atoms with Crippen LogP contribution in [0.3, 0.4) is 0 Å². The lowest BCUT2D eigenvalue weighted by atomic mass is 10.1. The van der Waals surface area contributed by atoms with Crippen molar-refractivity contribution in [2.75, 3.05) is 24.4 Å². The normalized spacial score (nSPS) is 13.9. The van der Waals surface area contributed by atoms with E-state index >= 15 is 0 Å². The molecule has 1 aromatic carbocycles. The number of ether oxygens (including phenoxy) is 1. The molecule has 1 aromatic heterocycles. The van der Waals surface area contributed by atoms with E-state index in [1.807, 2.05) is 0 Å². The predicted octanol–water partition coefficient (Wildman–Crippen LogP) is 0.912. The number of amides is 2. The maximum absolute atomic E-state index is 12.4. The molecule has 2 heterocycles. The third-order valence-electron chi connectivity index (χ3n) is 3.31. The van der Waals surface area contributed by atoms with Gasteiger partial charge in [0, 0.05) is 19.0 Å². The highest BCUT2D eigenvalue weighted by atomic mass is 16.5. The van der Waals surface area contributed by atoms with Crippen LogP contribution in [0.5, 0.6) is 0 Å². The van der Waals surface area contributed by atoms with Crippen LogP contribution in [0.1, 0.15) is 20.7 Å². The fourth-order valence-electron chi connectivity index (χ4n) is 2.27. The summed E-state index contributed by atoms with van der Waals surface area (Å²) in [4.78, 5) is 25.8. The van der Waals surface area contributed by atoms with Gasteiger partial charge in [0.1, 0.15) is 0 Å². The van der Waals surface area contributed by atoms with Crippen molar-refractivity contribution in [2.45, 2.75) is 6.54 Å². The Kier molecular flexibility index (Phi) is 3.19. The Hall–Kier alpha value is -2.67. The lowest BCUT2D eigenvalue weighted by Crippen LogP contribution is -2.29. The van der Waals surface area contributed by atoms with Gasteiger partial charge in [-0.15, -0.1) is 0 Å². The summed E-state index contributed by atoms with van der Waals surface area (Å²) in [5.74, 6) is -0.741. The number of anilines is 2. The van der Waals surface area contributed by atoms with Gasteiger partial charge in [-0.05, 0) is 18.2 Å². The van der Waals surface area contributed by atoms with Crippen LogP contribution in [0.25, 0.3) is 0 Å². The van der Waals surface area contributed by atoms with Crippen molar-refractivity contribution in [2.24, 2.45) is 0 Å². The molecular formula is C14H14N4O3. The first-order valence-electron chi connectivity index (χ1n) is 6.41. The Morgan fingerprint density at radius 2 is 2.00 bits per heavy atom. The number of carbonyl (C=O) groups is 2. The minimum atomic E-state index is -0.381. The Balaban J connectivity index is 1.92. The van der Waals surface area contributed by atoms with Gasteiger partial charge >= 0.3 is 0 Å². The number of hydrogen-bond donors (Lipinski definition) is 1. The highest BCUT2D eigenvalue weighted by Gasteiger charge is 2.37. The zero-order chi connectivity index (χ0) is 15.0. The van der Waals surface area contributed by atoms with Crippen LogP contribution < -0.4 is 10.6 Å². The third-order valence-corrected chi connectivity index (χ3v) is 3.31. The van der Waals surface area contributed by atoms with Crippen LogP contribution in [0.15, 0.2) is 30.6 Å². The molecule has 2 N–H and O–H groups in total. The van der Waals surface area contributed by atoms with Gasteiger partial charge in [-0.3, -0.25) is 14.3 Å². The molecule has 0 atom stereocenters. The van der Waals surface area contributed by atoms with E-state index in [1.54, 1.807) is 30.1 Å². The van der Waals surface area contributed by atoms with Crippen LogP contribution in [-0.2, 0) is 11.3 Å². The molecular weight excluding hydrogens is 272 g/mol. The predicted molar refractivity (Wildman–Crippen MR) is 76.1 cm³/mol. The topological polar surface area (TPSA) is 90.5 Å². The summed E-state index contributed by atoms with van der Waals surface area (Å²) in [5.41, 5.74) is 7.25. The first-order chi connectivity index (χ1) is 10.1. The van der Waals surface area contributed by atoms with E-state index in [0.717, 1.165) is 4.90 Å². The Morgan fingerprint density at radius 1 is 1.24 bits per heavy atom. The quantitative estimate of drug-likeness (QED) is 0.666. The standard InChI is InChI=1S/C14H14N4O3/c1-21-5-4-17-8-10(7-16-17)18-13(19)11-3-2-9(15)6-12(11)14(18)20/h2-3,6-8H,4-5,15H2,1H3. The molecule has 1 aliphatic heterocycles. The lowest BCUT2D eigenvalue weighted by Gasteiger charge is -2.10. The molecule has 2 aromatic rings. The van der Waals surface area contributed by atoms with Crippen molar-refractivity contribution >= 4 is 23.2 Å². The highest BCUT2D eigenvalue weighted by Crippen LogP contribution is 2.29. The fraction of sp³-hybridized carbons (Fsp3) is 0.214. The van der Waals surface area contributed by atoms with Crippen molar-refractivity contribution in [3.63, 3.8) is 0 Å². The SMILES string of the molecule is COCCn1cc(N2C(=O)c3ccc(N)cc3C2=O)cn1. The number of nitrogens with two attached hydrogens (primary N) is 1. The average molecular weight is 286 g/mol. The first kappa shape index (κ1) is 13.3. The number of nitrogen functional groups attached to an aromatic ring is 1. The second-order valence-electron chi connectivity index (χ2n) is 4.71. The molecule has 0 fully saturated rings. The molecule has 108 valence electrons. The zero-order valence-corrected chi connectivity index (χ0v) is 11.4. The largest absolute Gasteiger partial charge is 0.399 e. The molecule has 1 aliphatic rings. The van der Waals surface area contributed by atoms with Gasteiger partial charge in [0.05, 0.1) is 36.2 Å². The summed E-state index contributed by atoms with van der Waals surface area (Å²) in [6.07, 6.45) is 3.13. The van der Waals surface area contributed by atoms with Crippen LogP contribution in [-0.4, -0.2) is 35.3 Å². The van der Waals surface area contributed by atoms with Crippen molar-refractivity contribution < 1.29 is 14.3 Å². The second-order valence-corrected chi connectivity index (χ2v) is 4.71. The molecule has 0 unspecified atom stereocenters. The van der Waals surface area contributed by atoms with E-state index in [2.05, 4.69) is 5.10 Å². The number of fused-ring (bicyclic) bond motifs is 1. The molecule has 0 saturated heterocycles. The molecule has 0 bridgehead atoms. The minimum absolute atomic E-state index is 0.324. The molecule has 2 amide bonds. The number of benzene rings is 1. The van der Waals surface area contributed by atoms with Gasteiger partial charge in [0.25, 0.3) is 11.8 Å². The van der Waals surface area contributed by atoms with Gasteiger partial charge in [0.2, 0.25) is 0 Å². The summed E-state index contributed by atoms with van der Waals surface area (Å²) in [5, 5.41) is 4.11. The van der Waals surface area contributed by atoms with E-state index in [1.165, 1.54) is 12.3 Å². The molecule has 0 spiro atoms. The molecule has 0 radical (unpaired) electrons. The number of carbonyl (C=O) groups excluding carboxylic acids is 2. The van der Waals surface area contributed by atoms with E-state index in [4.69, 9.17) is 10.5 Å². The smallest absolute Gasteiger partial charge is 0.266 e. The van der Waals surface area contributed by atoms with Gasteiger partial charge in [0.15, 0.2) is 0 Å². The van der Waals surface area contributed by atoms with E-state index in [0.29, 0.717) is 35.7 Å². The van der Waals surface area contributed by atoms with Gasteiger partial charge in [-0.2, -0.15) is 5.10 Å².